The third-order valence-corrected chi connectivity index (χ3v) is 2.07. The van der Waals surface area contributed by atoms with E-state index in [-0.39, 0.29) is 5.56 Å². The number of hydrogen-bond donors (Lipinski definition) is 1. The molecule has 0 spiro atoms. The van der Waals surface area contributed by atoms with E-state index in [4.69, 9.17) is 9.84 Å². The van der Waals surface area contributed by atoms with Gasteiger partial charge in [-0.05, 0) is 30.7 Å². The predicted molar refractivity (Wildman–Crippen MR) is 62.9 cm³/mol. The van der Waals surface area contributed by atoms with E-state index in [0.29, 0.717) is 12.4 Å². The summed E-state index contributed by atoms with van der Waals surface area (Å²) in [5, 5.41) is 8.70. The van der Waals surface area contributed by atoms with Gasteiger partial charge >= 0.3 is 5.97 Å². The second-order valence-electron chi connectivity index (χ2n) is 3.40. The van der Waals surface area contributed by atoms with Gasteiger partial charge in [-0.3, -0.25) is 0 Å². The Morgan fingerprint density at radius 2 is 2.00 bits per heavy atom. The number of allylic oxidation sites excluding steroid dienone is 1. The monoisotopic (exact) mass is 220 g/mol. The molecule has 0 amide bonds. The van der Waals surface area contributed by atoms with Gasteiger partial charge in [0.25, 0.3) is 0 Å². The van der Waals surface area contributed by atoms with Crippen LogP contribution in [0.3, 0.4) is 0 Å². The van der Waals surface area contributed by atoms with Crippen LogP contribution in [-0.2, 0) is 0 Å². The van der Waals surface area contributed by atoms with E-state index in [0.717, 1.165) is 12.8 Å². The second-order valence-corrected chi connectivity index (χ2v) is 3.40. The maximum Gasteiger partial charge on any atom is 0.335 e. The summed E-state index contributed by atoms with van der Waals surface area (Å²) in [4.78, 5) is 10.6. The zero-order valence-electron chi connectivity index (χ0n) is 9.35. The van der Waals surface area contributed by atoms with Crippen molar-refractivity contribution >= 4 is 5.97 Å². The molecule has 0 saturated carbocycles. The molecule has 0 radical (unpaired) electrons. The van der Waals surface area contributed by atoms with Gasteiger partial charge in [0.2, 0.25) is 0 Å². The van der Waals surface area contributed by atoms with Gasteiger partial charge in [0, 0.05) is 0 Å². The molecule has 0 aromatic heterocycles. The fourth-order valence-corrected chi connectivity index (χ4v) is 1.19. The van der Waals surface area contributed by atoms with Gasteiger partial charge in [0.1, 0.15) is 12.4 Å². The molecule has 0 atom stereocenters. The van der Waals surface area contributed by atoms with Gasteiger partial charge in [-0.2, -0.15) is 0 Å². The van der Waals surface area contributed by atoms with E-state index in [2.05, 4.69) is 13.0 Å². The molecule has 1 aromatic carbocycles. The minimum atomic E-state index is -0.922. The summed E-state index contributed by atoms with van der Waals surface area (Å²) in [6.07, 6.45) is 6.23. The molecule has 0 aliphatic rings. The Morgan fingerprint density at radius 3 is 2.56 bits per heavy atom. The number of rotatable bonds is 6. The first-order valence-corrected chi connectivity index (χ1v) is 5.35. The van der Waals surface area contributed by atoms with Crippen molar-refractivity contribution in [2.75, 3.05) is 6.61 Å². The molecule has 0 heterocycles. The minimum Gasteiger partial charge on any atom is -0.490 e. The van der Waals surface area contributed by atoms with Crippen LogP contribution in [0, 0.1) is 0 Å². The Hall–Kier alpha value is -1.77. The maximum absolute atomic E-state index is 10.6. The highest BCUT2D eigenvalue weighted by Gasteiger charge is 2.01. The zero-order valence-corrected chi connectivity index (χ0v) is 9.35. The first-order valence-electron chi connectivity index (χ1n) is 5.35. The highest BCUT2D eigenvalue weighted by Crippen LogP contribution is 2.12. The quantitative estimate of drug-likeness (QED) is 0.749. The van der Waals surface area contributed by atoms with Gasteiger partial charge in [-0.1, -0.05) is 25.5 Å². The van der Waals surface area contributed by atoms with Gasteiger partial charge in [0.15, 0.2) is 0 Å². The summed E-state index contributed by atoms with van der Waals surface area (Å²) in [7, 11) is 0. The molecule has 1 rings (SSSR count). The third kappa shape index (κ3) is 4.17. The average molecular weight is 220 g/mol. The predicted octanol–water partition coefficient (Wildman–Crippen LogP) is 3.12. The summed E-state index contributed by atoms with van der Waals surface area (Å²) in [5.74, 6) is -0.236. The third-order valence-electron chi connectivity index (χ3n) is 2.07. The van der Waals surface area contributed by atoms with Crippen molar-refractivity contribution in [2.24, 2.45) is 0 Å². The van der Waals surface area contributed by atoms with E-state index in [1.165, 1.54) is 12.1 Å². The molecule has 1 aromatic rings. The van der Waals surface area contributed by atoms with Gasteiger partial charge < -0.3 is 9.84 Å². The fraction of sp³-hybridized carbons (Fsp3) is 0.308. The lowest BCUT2D eigenvalue weighted by molar-refractivity contribution is 0.0697. The number of hydrogen-bond acceptors (Lipinski definition) is 2. The molecule has 0 fully saturated rings. The Morgan fingerprint density at radius 1 is 1.31 bits per heavy atom. The fourth-order valence-electron chi connectivity index (χ4n) is 1.19. The van der Waals surface area contributed by atoms with Gasteiger partial charge in [-0.15, -0.1) is 0 Å². The van der Waals surface area contributed by atoms with Crippen LogP contribution < -0.4 is 4.74 Å². The standard InChI is InChI=1S/C13H16O3/c1-2-3-4-5-10-16-12-8-6-11(7-9-12)13(14)15/h4-9H,2-3,10H2,1H3,(H,14,15)/b5-4+. The van der Waals surface area contributed by atoms with Gasteiger partial charge in [-0.25, -0.2) is 4.79 Å². The normalized spacial score (nSPS) is 10.6. The van der Waals surface area contributed by atoms with Gasteiger partial charge in [0.05, 0.1) is 5.56 Å². The highest BCUT2D eigenvalue weighted by atomic mass is 16.5. The second kappa shape index (κ2) is 6.67. The molecule has 3 heteroatoms. The van der Waals surface area contributed by atoms with Crippen molar-refractivity contribution in [1.82, 2.24) is 0 Å². The molecule has 0 aliphatic carbocycles. The summed E-state index contributed by atoms with van der Waals surface area (Å²) >= 11 is 0. The summed E-state index contributed by atoms with van der Waals surface area (Å²) in [6, 6.07) is 6.40. The van der Waals surface area contributed by atoms with E-state index >= 15 is 0 Å². The Labute approximate surface area is 95.4 Å². The van der Waals surface area contributed by atoms with Crippen molar-refractivity contribution < 1.29 is 14.6 Å². The van der Waals surface area contributed by atoms with Crippen LogP contribution in [0.25, 0.3) is 0 Å². The topological polar surface area (TPSA) is 46.5 Å². The lowest BCUT2D eigenvalue weighted by Gasteiger charge is -2.02. The summed E-state index contributed by atoms with van der Waals surface area (Å²) in [5.41, 5.74) is 0.272. The molecule has 3 nitrogen and oxygen atoms in total. The number of carboxylic acids is 1. The van der Waals surface area contributed by atoms with E-state index in [1.807, 2.05) is 6.08 Å². The van der Waals surface area contributed by atoms with E-state index in [9.17, 15) is 4.79 Å². The van der Waals surface area contributed by atoms with Crippen molar-refractivity contribution in [2.45, 2.75) is 19.8 Å². The number of carbonyl (C=O) groups is 1. The van der Waals surface area contributed by atoms with Crippen LogP contribution in [-0.4, -0.2) is 17.7 Å². The van der Waals surface area contributed by atoms with Crippen LogP contribution in [0.2, 0.25) is 0 Å². The Balaban J connectivity index is 2.40. The lowest BCUT2D eigenvalue weighted by Crippen LogP contribution is -1.97. The van der Waals surface area contributed by atoms with Crippen molar-refractivity contribution in [3.8, 4) is 5.75 Å². The van der Waals surface area contributed by atoms with Crippen molar-refractivity contribution in [3.05, 3.63) is 42.0 Å². The number of carboxylic acid groups (broad SMARTS) is 1. The maximum atomic E-state index is 10.6. The van der Waals surface area contributed by atoms with Crippen molar-refractivity contribution in [3.63, 3.8) is 0 Å². The summed E-state index contributed by atoms with van der Waals surface area (Å²) < 4.78 is 5.41. The number of ether oxygens (including phenoxy) is 1. The van der Waals surface area contributed by atoms with Crippen LogP contribution in [0.4, 0.5) is 0 Å². The molecule has 0 unspecified atom stereocenters. The molecule has 0 bridgehead atoms. The summed E-state index contributed by atoms with van der Waals surface area (Å²) in [6.45, 7) is 2.64. The SMILES string of the molecule is CCC/C=C/COc1ccc(C(=O)O)cc1. The minimum absolute atomic E-state index is 0.272. The van der Waals surface area contributed by atoms with Crippen molar-refractivity contribution in [1.29, 1.82) is 0 Å². The van der Waals surface area contributed by atoms with E-state index in [1.54, 1.807) is 12.1 Å². The Kier molecular flexibility index (Phi) is 5.12. The molecule has 0 aliphatic heterocycles. The smallest absolute Gasteiger partial charge is 0.335 e. The highest BCUT2D eigenvalue weighted by molar-refractivity contribution is 5.87. The van der Waals surface area contributed by atoms with Crippen LogP contribution >= 0.6 is 0 Å². The van der Waals surface area contributed by atoms with Crippen LogP contribution in [0.5, 0.6) is 5.75 Å². The van der Waals surface area contributed by atoms with Crippen LogP contribution in [0.1, 0.15) is 30.1 Å². The molecule has 86 valence electrons. The molecule has 16 heavy (non-hydrogen) atoms. The number of benzene rings is 1. The Bertz CT molecular complexity index is 352. The zero-order chi connectivity index (χ0) is 11.8. The van der Waals surface area contributed by atoms with E-state index < -0.39 is 5.97 Å². The number of aromatic carboxylic acids is 1. The first kappa shape index (κ1) is 12.3. The van der Waals surface area contributed by atoms with Crippen LogP contribution in [0.15, 0.2) is 36.4 Å². The number of unbranched alkanes of at least 4 members (excludes halogenated alkanes) is 1. The molecule has 0 saturated heterocycles. The molecular weight excluding hydrogens is 204 g/mol. The first-order chi connectivity index (χ1) is 7.74. The largest absolute Gasteiger partial charge is 0.490 e. The average Bonchev–Trinajstić information content (AvgIpc) is 2.29. The lowest BCUT2D eigenvalue weighted by atomic mass is 10.2. The molecular formula is C13H16O3. The molecule has 1 N–H and O–H groups in total.